The van der Waals surface area contributed by atoms with Crippen LogP contribution in [0.4, 0.5) is 18.9 Å². The Kier molecular flexibility index (Phi) is 7.33. The van der Waals surface area contributed by atoms with Gasteiger partial charge in [-0.1, -0.05) is 12.1 Å². The van der Waals surface area contributed by atoms with Crippen LogP contribution in [-0.4, -0.2) is 61.1 Å². The number of hydrogen-bond acceptors (Lipinski definition) is 6. The van der Waals surface area contributed by atoms with E-state index in [4.69, 9.17) is 4.74 Å². The summed E-state index contributed by atoms with van der Waals surface area (Å²) in [6, 6.07) is 12.8. The zero-order chi connectivity index (χ0) is 25.9. The van der Waals surface area contributed by atoms with Crippen LogP contribution in [0.5, 0.6) is 5.75 Å². The number of anilines is 1. The molecule has 1 fully saturated rings. The average molecular weight is 525 g/mol. The highest BCUT2D eigenvalue weighted by atomic mass is 32.2. The van der Waals surface area contributed by atoms with Gasteiger partial charge in [0.15, 0.2) is 5.69 Å². The zero-order valence-electron chi connectivity index (χ0n) is 19.2. The third-order valence-corrected chi connectivity index (χ3v) is 7.29. The molecule has 0 saturated carbocycles. The van der Waals surface area contributed by atoms with Crippen molar-refractivity contribution in [2.45, 2.75) is 24.7 Å². The number of ether oxygens (including phenoxy) is 2. The Morgan fingerprint density at radius 1 is 1.11 bits per heavy atom. The highest BCUT2D eigenvalue weighted by Gasteiger charge is 2.31. The quantitative estimate of drug-likeness (QED) is 0.508. The molecule has 2 heterocycles. The number of aryl methyl sites for hydroxylation is 1. The van der Waals surface area contributed by atoms with Crippen molar-refractivity contribution >= 4 is 21.6 Å². The van der Waals surface area contributed by atoms with E-state index >= 15 is 0 Å². The Balaban J connectivity index is 1.44. The number of aromatic nitrogens is 2. The number of nitrogens with zero attached hydrogens (tertiary/aromatic N) is 3. The van der Waals surface area contributed by atoms with Crippen molar-refractivity contribution in [2.24, 2.45) is 0 Å². The molecule has 0 radical (unpaired) electrons. The number of morpholine rings is 1. The molecule has 9 nitrogen and oxygen atoms in total. The van der Waals surface area contributed by atoms with E-state index in [0.29, 0.717) is 37.6 Å². The van der Waals surface area contributed by atoms with E-state index < -0.39 is 28.0 Å². The largest absolute Gasteiger partial charge is 0.573 e. The molecule has 0 atom stereocenters. The Hall–Kier alpha value is -3.42. The molecule has 1 saturated heterocycles. The second-order valence-electron chi connectivity index (χ2n) is 8.02. The van der Waals surface area contributed by atoms with Gasteiger partial charge in [-0.25, -0.2) is 8.42 Å². The lowest BCUT2D eigenvalue weighted by Crippen LogP contribution is -2.40. The van der Waals surface area contributed by atoms with Crippen LogP contribution >= 0.6 is 0 Å². The number of benzene rings is 2. The normalized spacial score (nSPS) is 15.0. The number of alkyl halides is 3. The van der Waals surface area contributed by atoms with Gasteiger partial charge in [0.05, 0.1) is 24.7 Å². The average Bonchev–Trinajstić information content (AvgIpc) is 3.20. The molecular weight excluding hydrogens is 501 g/mol. The van der Waals surface area contributed by atoms with Crippen molar-refractivity contribution in [3.63, 3.8) is 0 Å². The van der Waals surface area contributed by atoms with Gasteiger partial charge in [-0.3, -0.25) is 9.48 Å². The summed E-state index contributed by atoms with van der Waals surface area (Å²) >= 11 is 0. The molecule has 0 aliphatic carbocycles. The Bertz CT molecular complexity index is 1330. The van der Waals surface area contributed by atoms with Crippen LogP contribution in [0.1, 0.15) is 21.7 Å². The molecule has 4 rings (SSSR count). The van der Waals surface area contributed by atoms with Gasteiger partial charge in [-0.05, 0) is 55.0 Å². The number of hydrogen-bond donors (Lipinski definition) is 1. The molecule has 0 bridgehead atoms. The number of carbonyl (C=O) groups excluding carboxylic acids is 1. The fourth-order valence-electron chi connectivity index (χ4n) is 3.63. The van der Waals surface area contributed by atoms with E-state index in [1.54, 1.807) is 35.9 Å². The second-order valence-corrected chi connectivity index (χ2v) is 9.96. The van der Waals surface area contributed by atoms with E-state index in [2.05, 4.69) is 15.2 Å². The van der Waals surface area contributed by atoms with Crippen molar-refractivity contribution in [1.82, 2.24) is 14.1 Å². The van der Waals surface area contributed by atoms with Crippen molar-refractivity contribution in [1.29, 1.82) is 0 Å². The first-order valence-corrected chi connectivity index (χ1v) is 12.3. The fourth-order valence-corrected chi connectivity index (χ4v) is 5.11. The summed E-state index contributed by atoms with van der Waals surface area (Å²) in [7, 11) is -3.65. The molecule has 1 aromatic heterocycles. The summed E-state index contributed by atoms with van der Waals surface area (Å²) in [6.07, 6.45) is -4.80. The van der Waals surface area contributed by atoms with E-state index in [9.17, 15) is 26.4 Å². The molecule has 1 aliphatic rings. The summed E-state index contributed by atoms with van der Waals surface area (Å²) in [6.45, 7) is 3.27. The van der Waals surface area contributed by atoms with Gasteiger partial charge >= 0.3 is 6.36 Å². The summed E-state index contributed by atoms with van der Waals surface area (Å²) in [4.78, 5) is 12.8. The number of carbonyl (C=O) groups is 1. The van der Waals surface area contributed by atoms with E-state index in [1.165, 1.54) is 22.5 Å². The Morgan fingerprint density at radius 2 is 1.81 bits per heavy atom. The molecule has 1 N–H and O–H groups in total. The molecule has 13 heteroatoms. The first-order chi connectivity index (χ1) is 17.0. The summed E-state index contributed by atoms with van der Waals surface area (Å²) in [5, 5.41) is 6.88. The van der Waals surface area contributed by atoms with Crippen molar-refractivity contribution in [2.75, 3.05) is 31.6 Å². The van der Waals surface area contributed by atoms with E-state index in [0.717, 1.165) is 12.1 Å². The van der Waals surface area contributed by atoms with Crippen LogP contribution < -0.4 is 10.1 Å². The smallest absolute Gasteiger partial charge is 0.406 e. The van der Waals surface area contributed by atoms with Gasteiger partial charge in [-0.2, -0.15) is 9.40 Å². The second kappa shape index (κ2) is 10.3. The molecular formula is C23H23F3N4O5S. The van der Waals surface area contributed by atoms with Crippen LogP contribution in [0.2, 0.25) is 0 Å². The summed E-state index contributed by atoms with van der Waals surface area (Å²) < 4.78 is 74.8. The Labute approximate surface area is 205 Å². The fraction of sp³-hybridized carbons (Fsp3) is 0.304. The number of nitrogens with one attached hydrogen (secondary N) is 1. The molecule has 1 amide bonds. The molecule has 0 spiro atoms. The van der Waals surface area contributed by atoms with Crippen LogP contribution in [0.15, 0.2) is 59.5 Å². The predicted molar refractivity (Wildman–Crippen MR) is 123 cm³/mol. The van der Waals surface area contributed by atoms with Gasteiger partial charge in [0, 0.05) is 24.5 Å². The van der Waals surface area contributed by atoms with Crippen molar-refractivity contribution in [3.05, 3.63) is 71.5 Å². The molecule has 192 valence electrons. The molecule has 2 aromatic carbocycles. The molecule has 36 heavy (non-hydrogen) atoms. The minimum Gasteiger partial charge on any atom is -0.406 e. The maximum Gasteiger partial charge on any atom is 0.573 e. The molecule has 1 aliphatic heterocycles. The SMILES string of the molecule is Cc1cc(C(=O)Nc2ccc(OC(F)(F)F)cc2)nn1Cc1cccc(S(=O)(=O)N2CCOCC2)c1. The van der Waals surface area contributed by atoms with Gasteiger partial charge in [0.2, 0.25) is 10.0 Å². The van der Waals surface area contributed by atoms with Crippen LogP contribution in [0.25, 0.3) is 0 Å². The third-order valence-electron chi connectivity index (χ3n) is 5.40. The number of amides is 1. The maximum absolute atomic E-state index is 12.9. The zero-order valence-corrected chi connectivity index (χ0v) is 20.0. The van der Waals surface area contributed by atoms with E-state index in [-0.39, 0.29) is 22.8 Å². The van der Waals surface area contributed by atoms with Crippen molar-refractivity contribution < 1.29 is 35.9 Å². The van der Waals surface area contributed by atoms with Gasteiger partial charge in [0.25, 0.3) is 5.91 Å². The first-order valence-electron chi connectivity index (χ1n) is 10.9. The topological polar surface area (TPSA) is 103 Å². The monoisotopic (exact) mass is 524 g/mol. The minimum absolute atomic E-state index is 0.0974. The van der Waals surface area contributed by atoms with Crippen LogP contribution in [0.3, 0.4) is 0 Å². The van der Waals surface area contributed by atoms with Crippen molar-refractivity contribution in [3.8, 4) is 5.75 Å². The minimum atomic E-state index is -4.80. The summed E-state index contributed by atoms with van der Waals surface area (Å²) in [5.74, 6) is -0.955. The summed E-state index contributed by atoms with van der Waals surface area (Å²) in [5.41, 5.74) is 1.71. The number of halogens is 3. The number of sulfonamides is 1. The lowest BCUT2D eigenvalue weighted by Gasteiger charge is -2.26. The lowest BCUT2D eigenvalue weighted by atomic mass is 10.2. The highest BCUT2D eigenvalue weighted by Crippen LogP contribution is 2.24. The highest BCUT2D eigenvalue weighted by molar-refractivity contribution is 7.89. The van der Waals surface area contributed by atoms with Gasteiger partial charge < -0.3 is 14.8 Å². The third kappa shape index (κ3) is 6.22. The number of rotatable bonds is 7. The van der Waals surface area contributed by atoms with Crippen LogP contribution in [0, 0.1) is 6.92 Å². The van der Waals surface area contributed by atoms with E-state index in [1.807, 2.05) is 0 Å². The van der Waals surface area contributed by atoms with Gasteiger partial charge in [-0.15, -0.1) is 13.2 Å². The lowest BCUT2D eigenvalue weighted by molar-refractivity contribution is -0.274. The predicted octanol–water partition coefficient (Wildman–Crippen LogP) is 3.41. The van der Waals surface area contributed by atoms with Gasteiger partial charge in [0.1, 0.15) is 5.75 Å². The van der Waals surface area contributed by atoms with Crippen LogP contribution in [-0.2, 0) is 21.3 Å². The maximum atomic E-state index is 12.9. The standard InChI is InChI=1S/C23H23F3N4O5S/c1-16-13-21(22(31)27-18-5-7-19(8-6-18)35-23(24,25)26)28-30(16)15-17-3-2-4-20(14-17)36(32,33)29-9-11-34-12-10-29/h2-8,13-14H,9-12,15H2,1H3,(H,27,31). The molecule has 0 unspecified atom stereocenters. The Morgan fingerprint density at radius 3 is 2.47 bits per heavy atom. The first kappa shape index (κ1) is 25.7. The molecule has 3 aromatic rings.